The third kappa shape index (κ3) is 1.56. The van der Waals surface area contributed by atoms with Gasteiger partial charge < -0.3 is 4.42 Å². The van der Waals surface area contributed by atoms with E-state index >= 15 is 0 Å². The minimum atomic E-state index is -0.500. The maximum Gasteiger partial charge on any atom is 0.212 e. The Bertz CT molecular complexity index is 408. The minimum Gasteiger partial charge on any atom is -0.441 e. The molecule has 0 aliphatic heterocycles. The highest BCUT2D eigenvalue weighted by molar-refractivity contribution is 5.54. The maximum atomic E-state index is 12.5. The topological polar surface area (TPSA) is 38.9 Å². The van der Waals surface area contributed by atoms with E-state index in [0.29, 0.717) is 11.7 Å². The third-order valence-electron chi connectivity index (χ3n) is 1.63. The zero-order valence-electron chi connectivity index (χ0n) is 6.99. The smallest absolute Gasteiger partial charge is 0.212 e. The number of aromatic nitrogens is 2. The zero-order chi connectivity index (χ0) is 9.26. The summed E-state index contributed by atoms with van der Waals surface area (Å²) in [5, 5.41) is 0. The number of oxazole rings is 1. The predicted molar refractivity (Wildman–Crippen MR) is 44.4 cm³/mol. The van der Waals surface area contributed by atoms with Crippen molar-refractivity contribution in [1.29, 1.82) is 0 Å². The molecule has 2 aromatic heterocycles. The lowest BCUT2D eigenvalue weighted by Gasteiger charge is -1.93. The van der Waals surface area contributed by atoms with Crippen LogP contribution >= 0.6 is 0 Å². The van der Waals surface area contributed by atoms with Crippen LogP contribution in [0.25, 0.3) is 11.3 Å². The summed E-state index contributed by atoms with van der Waals surface area (Å²) in [5.41, 5.74) is 0.724. The van der Waals surface area contributed by atoms with Crippen molar-refractivity contribution in [3.8, 4) is 11.3 Å². The molecule has 13 heavy (non-hydrogen) atoms. The van der Waals surface area contributed by atoms with Crippen LogP contribution in [-0.2, 0) is 0 Å². The van der Waals surface area contributed by atoms with Crippen LogP contribution in [0.4, 0.5) is 4.39 Å². The van der Waals surface area contributed by atoms with Gasteiger partial charge in [-0.1, -0.05) is 0 Å². The van der Waals surface area contributed by atoms with E-state index in [1.165, 1.54) is 12.3 Å². The standard InChI is InChI=1S/C9H7FN2O/c1-6-11-5-8(13-6)7-2-3-9(10)12-4-7/h2-5H,1H3. The van der Waals surface area contributed by atoms with Crippen LogP contribution in [0.1, 0.15) is 5.89 Å². The Hall–Kier alpha value is -1.71. The maximum absolute atomic E-state index is 12.5. The van der Waals surface area contributed by atoms with Crippen LogP contribution in [0.2, 0.25) is 0 Å². The molecule has 0 amide bonds. The fourth-order valence-electron chi connectivity index (χ4n) is 1.02. The molecular weight excluding hydrogens is 171 g/mol. The van der Waals surface area contributed by atoms with Crippen LogP contribution < -0.4 is 0 Å². The Labute approximate surface area is 74.3 Å². The number of pyridine rings is 1. The molecule has 0 aliphatic carbocycles. The molecule has 0 fully saturated rings. The van der Waals surface area contributed by atoms with Crippen molar-refractivity contribution in [2.45, 2.75) is 6.92 Å². The van der Waals surface area contributed by atoms with Crippen molar-refractivity contribution in [3.63, 3.8) is 0 Å². The van der Waals surface area contributed by atoms with E-state index in [1.54, 1.807) is 19.2 Å². The van der Waals surface area contributed by atoms with Crippen molar-refractivity contribution in [2.75, 3.05) is 0 Å². The van der Waals surface area contributed by atoms with Crippen molar-refractivity contribution >= 4 is 0 Å². The highest BCUT2D eigenvalue weighted by atomic mass is 19.1. The van der Waals surface area contributed by atoms with Crippen molar-refractivity contribution in [2.24, 2.45) is 0 Å². The number of hydrogen-bond acceptors (Lipinski definition) is 3. The second-order valence-corrected chi connectivity index (χ2v) is 2.61. The van der Waals surface area contributed by atoms with Gasteiger partial charge in [-0.25, -0.2) is 9.97 Å². The molecule has 2 aromatic rings. The first kappa shape index (κ1) is 7.91. The van der Waals surface area contributed by atoms with E-state index in [9.17, 15) is 4.39 Å². The normalized spacial score (nSPS) is 10.3. The summed E-state index contributed by atoms with van der Waals surface area (Å²) < 4.78 is 17.7. The number of rotatable bonds is 1. The van der Waals surface area contributed by atoms with Crippen molar-refractivity contribution in [3.05, 3.63) is 36.4 Å². The Morgan fingerprint density at radius 3 is 2.62 bits per heavy atom. The van der Waals surface area contributed by atoms with Crippen molar-refractivity contribution in [1.82, 2.24) is 9.97 Å². The lowest BCUT2D eigenvalue weighted by molar-refractivity contribution is 0.533. The van der Waals surface area contributed by atoms with Crippen LogP contribution in [0.15, 0.2) is 28.9 Å². The highest BCUT2D eigenvalue weighted by Crippen LogP contribution is 2.18. The van der Waals surface area contributed by atoms with E-state index in [2.05, 4.69) is 9.97 Å². The number of halogens is 1. The molecule has 4 heteroatoms. The first-order chi connectivity index (χ1) is 6.25. The fourth-order valence-corrected chi connectivity index (χ4v) is 1.02. The lowest BCUT2D eigenvalue weighted by Crippen LogP contribution is -1.81. The van der Waals surface area contributed by atoms with Crippen LogP contribution in [0.3, 0.4) is 0 Å². The van der Waals surface area contributed by atoms with E-state index in [4.69, 9.17) is 4.42 Å². The summed E-state index contributed by atoms with van der Waals surface area (Å²) in [5.74, 6) is 0.685. The van der Waals surface area contributed by atoms with Gasteiger partial charge in [0.25, 0.3) is 0 Å². The second-order valence-electron chi connectivity index (χ2n) is 2.61. The molecule has 0 radical (unpaired) electrons. The van der Waals surface area contributed by atoms with Gasteiger partial charge in [-0.2, -0.15) is 4.39 Å². The molecule has 3 nitrogen and oxygen atoms in total. The van der Waals surface area contributed by atoms with Crippen molar-refractivity contribution < 1.29 is 8.81 Å². The quantitative estimate of drug-likeness (QED) is 0.628. The monoisotopic (exact) mass is 178 g/mol. The molecule has 0 N–H and O–H groups in total. The molecule has 0 unspecified atom stereocenters. The molecule has 66 valence electrons. The summed E-state index contributed by atoms with van der Waals surface area (Å²) in [4.78, 5) is 7.44. The minimum absolute atomic E-state index is 0.500. The number of nitrogens with zero attached hydrogens (tertiary/aromatic N) is 2. The number of aryl methyl sites for hydroxylation is 1. The molecule has 2 heterocycles. The molecule has 0 aromatic carbocycles. The Morgan fingerprint density at radius 1 is 1.23 bits per heavy atom. The SMILES string of the molecule is Cc1ncc(-c2ccc(F)nc2)o1. The first-order valence-corrected chi connectivity index (χ1v) is 3.80. The largest absolute Gasteiger partial charge is 0.441 e. The predicted octanol–water partition coefficient (Wildman–Crippen LogP) is 2.18. The van der Waals surface area contributed by atoms with Gasteiger partial charge in [0.2, 0.25) is 5.95 Å². The third-order valence-corrected chi connectivity index (χ3v) is 1.63. The lowest BCUT2D eigenvalue weighted by atomic mass is 10.2. The van der Waals surface area contributed by atoms with E-state index in [-0.39, 0.29) is 0 Å². The highest BCUT2D eigenvalue weighted by Gasteiger charge is 2.03. The Kier molecular flexibility index (Phi) is 1.81. The van der Waals surface area contributed by atoms with Gasteiger partial charge in [0.15, 0.2) is 11.7 Å². The molecular formula is C9H7FN2O. The van der Waals surface area contributed by atoms with Gasteiger partial charge in [0, 0.05) is 18.7 Å². The summed E-state index contributed by atoms with van der Waals surface area (Å²) in [7, 11) is 0. The summed E-state index contributed by atoms with van der Waals surface area (Å²) in [6, 6.07) is 2.88. The van der Waals surface area contributed by atoms with Gasteiger partial charge in [0.1, 0.15) is 0 Å². The van der Waals surface area contributed by atoms with E-state index < -0.39 is 5.95 Å². The summed E-state index contributed by atoms with van der Waals surface area (Å²) in [6.45, 7) is 1.75. The molecule has 0 saturated heterocycles. The van der Waals surface area contributed by atoms with Gasteiger partial charge in [-0.05, 0) is 12.1 Å². The molecule has 0 saturated carbocycles. The molecule has 0 atom stereocenters. The van der Waals surface area contributed by atoms with Gasteiger partial charge in [0.05, 0.1) is 6.20 Å². The van der Waals surface area contributed by atoms with Gasteiger partial charge in [-0.15, -0.1) is 0 Å². The fraction of sp³-hybridized carbons (Fsp3) is 0.111. The van der Waals surface area contributed by atoms with Crippen LogP contribution in [0, 0.1) is 12.9 Å². The van der Waals surface area contributed by atoms with E-state index in [0.717, 1.165) is 5.56 Å². The van der Waals surface area contributed by atoms with Gasteiger partial charge in [-0.3, -0.25) is 0 Å². The summed E-state index contributed by atoms with van der Waals surface area (Å²) >= 11 is 0. The van der Waals surface area contributed by atoms with Crippen LogP contribution in [-0.4, -0.2) is 9.97 Å². The van der Waals surface area contributed by atoms with Gasteiger partial charge >= 0.3 is 0 Å². The Morgan fingerprint density at radius 2 is 2.08 bits per heavy atom. The Balaban J connectivity index is 2.41. The molecule has 0 bridgehead atoms. The molecule has 0 spiro atoms. The summed E-state index contributed by atoms with van der Waals surface area (Å²) in [6.07, 6.45) is 3.00. The van der Waals surface area contributed by atoms with Crippen LogP contribution in [0.5, 0.6) is 0 Å². The average Bonchev–Trinajstić information content (AvgIpc) is 2.53. The molecule has 2 rings (SSSR count). The zero-order valence-corrected chi connectivity index (χ0v) is 6.99. The average molecular weight is 178 g/mol. The first-order valence-electron chi connectivity index (χ1n) is 3.80. The molecule has 0 aliphatic rings. The second kappa shape index (κ2) is 2.97. The van der Waals surface area contributed by atoms with E-state index in [1.807, 2.05) is 0 Å². The number of hydrogen-bond donors (Lipinski definition) is 0.